The molecule has 0 atom stereocenters. The summed E-state index contributed by atoms with van der Waals surface area (Å²) in [5.74, 6) is 3.86. The van der Waals surface area contributed by atoms with Crippen LogP contribution in [-0.4, -0.2) is 40.4 Å². The molecule has 1 amide bonds. The number of amides is 1. The second-order valence-corrected chi connectivity index (χ2v) is 8.94. The predicted octanol–water partition coefficient (Wildman–Crippen LogP) is 3.88. The van der Waals surface area contributed by atoms with Crippen molar-refractivity contribution in [2.24, 2.45) is 11.8 Å². The first kappa shape index (κ1) is 18.7. The van der Waals surface area contributed by atoms with Crippen LogP contribution in [0.3, 0.4) is 0 Å². The number of carbonyl (C=O) groups is 1. The van der Waals surface area contributed by atoms with Gasteiger partial charge in [0.25, 0.3) is 0 Å². The lowest BCUT2D eigenvalue weighted by molar-refractivity contribution is -0.132. The molecule has 5 nitrogen and oxygen atoms in total. The van der Waals surface area contributed by atoms with Gasteiger partial charge in [0.1, 0.15) is 11.6 Å². The van der Waals surface area contributed by atoms with Crippen LogP contribution in [0.15, 0.2) is 0 Å². The van der Waals surface area contributed by atoms with E-state index < -0.39 is 0 Å². The average molecular weight is 371 g/mol. The maximum atomic E-state index is 12.8. The van der Waals surface area contributed by atoms with E-state index in [9.17, 15) is 4.79 Å². The number of hydrogen-bond acceptors (Lipinski definition) is 4. The maximum Gasteiger partial charge on any atom is 0.222 e. The first-order valence-corrected chi connectivity index (χ1v) is 11.0. The molecule has 0 N–H and O–H groups in total. The fourth-order valence-electron chi connectivity index (χ4n) is 5.00. The van der Waals surface area contributed by atoms with Crippen LogP contribution in [0.1, 0.15) is 75.4 Å². The van der Waals surface area contributed by atoms with Crippen LogP contribution < -0.4 is 4.90 Å². The van der Waals surface area contributed by atoms with Crippen LogP contribution in [0.5, 0.6) is 0 Å². The second kappa shape index (κ2) is 8.15. The Morgan fingerprint density at radius 1 is 1.07 bits per heavy atom. The fourth-order valence-corrected chi connectivity index (χ4v) is 5.00. The minimum absolute atomic E-state index is 0.325. The highest BCUT2D eigenvalue weighted by atomic mass is 16.2. The van der Waals surface area contributed by atoms with Crippen molar-refractivity contribution in [2.75, 3.05) is 24.5 Å². The van der Waals surface area contributed by atoms with Gasteiger partial charge in [-0.15, -0.1) is 0 Å². The summed E-state index contributed by atoms with van der Waals surface area (Å²) in [6.45, 7) is 7.97. The Hall–Kier alpha value is -1.65. The number of aryl methyl sites for hydroxylation is 1. The SMILES string of the molecule is Cc1nc2c(c(N3CCC(C)CC3)n1)CN(C(=O)CCC1CCCC1)CC2. The largest absolute Gasteiger partial charge is 0.356 e. The van der Waals surface area contributed by atoms with E-state index in [4.69, 9.17) is 9.97 Å². The average Bonchev–Trinajstić information content (AvgIpc) is 3.19. The Bertz CT molecular complexity index is 675. The van der Waals surface area contributed by atoms with E-state index in [2.05, 4.69) is 16.7 Å². The Balaban J connectivity index is 1.46. The summed E-state index contributed by atoms with van der Waals surface area (Å²) in [4.78, 5) is 26.9. The van der Waals surface area contributed by atoms with Crippen LogP contribution in [-0.2, 0) is 17.8 Å². The van der Waals surface area contributed by atoms with Gasteiger partial charge in [-0.1, -0.05) is 32.6 Å². The highest BCUT2D eigenvalue weighted by Gasteiger charge is 2.28. The standard InChI is InChI=1S/C22H34N4O/c1-16-9-12-25(13-10-16)22-19-15-26(14-11-20(19)23-17(2)24-22)21(27)8-7-18-5-3-4-6-18/h16,18H,3-15H2,1-2H3. The zero-order valence-corrected chi connectivity index (χ0v) is 17.0. The molecule has 1 aromatic rings. The lowest BCUT2D eigenvalue weighted by Gasteiger charge is -2.36. The summed E-state index contributed by atoms with van der Waals surface area (Å²) >= 11 is 0. The molecule has 27 heavy (non-hydrogen) atoms. The normalized spacial score (nSPS) is 21.6. The summed E-state index contributed by atoms with van der Waals surface area (Å²) in [6, 6.07) is 0. The van der Waals surface area contributed by atoms with Crippen molar-refractivity contribution in [3.8, 4) is 0 Å². The molecule has 1 aromatic heterocycles. The minimum Gasteiger partial charge on any atom is -0.356 e. The molecule has 2 aliphatic heterocycles. The van der Waals surface area contributed by atoms with Crippen LogP contribution in [0.25, 0.3) is 0 Å². The summed E-state index contributed by atoms with van der Waals surface area (Å²) in [5.41, 5.74) is 2.37. The molecule has 3 heterocycles. The number of aromatic nitrogens is 2. The Morgan fingerprint density at radius 3 is 2.56 bits per heavy atom. The van der Waals surface area contributed by atoms with Gasteiger partial charge in [-0.3, -0.25) is 4.79 Å². The van der Waals surface area contributed by atoms with E-state index in [1.807, 2.05) is 6.92 Å². The number of carbonyl (C=O) groups excluding carboxylic acids is 1. The van der Waals surface area contributed by atoms with Crippen molar-refractivity contribution in [3.05, 3.63) is 17.1 Å². The molecule has 0 radical (unpaired) electrons. The molecule has 4 rings (SSSR count). The van der Waals surface area contributed by atoms with Crippen molar-refractivity contribution in [1.29, 1.82) is 0 Å². The molecule has 1 saturated heterocycles. The third-order valence-corrected chi connectivity index (χ3v) is 6.83. The monoisotopic (exact) mass is 370 g/mol. The number of rotatable bonds is 4. The number of anilines is 1. The molecule has 1 aliphatic carbocycles. The molecule has 0 bridgehead atoms. The molecule has 0 aromatic carbocycles. The highest BCUT2D eigenvalue weighted by molar-refractivity contribution is 5.76. The Morgan fingerprint density at radius 2 is 1.81 bits per heavy atom. The van der Waals surface area contributed by atoms with Crippen molar-refractivity contribution < 1.29 is 4.79 Å². The molecule has 0 unspecified atom stereocenters. The number of piperidine rings is 1. The van der Waals surface area contributed by atoms with Crippen LogP contribution >= 0.6 is 0 Å². The van der Waals surface area contributed by atoms with Crippen LogP contribution in [0, 0.1) is 18.8 Å². The summed E-state index contributed by atoms with van der Waals surface area (Å²) in [7, 11) is 0. The first-order chi connectivity index (χ1) is 13.1. The number of hydrogen-bond donors (Lipinski definition) is 0. The lowest BCUT2D eigenvalue weighted by Crippen LogP contribution is -2.40. The van der Waals surface area contributed by atoms with Gasteiger partial charge in [-0.25, -0.2) is 9.97 Å². The van der Waals surface area contributed by atoms with Crippen molar-refractivity contribution in [3.63, 3.8) is 0 Å². The Kier molecular flexibility index (Phi) is 5.65. The molecule has 2 fully saturated rings. The molecule has 5 heteroatoms. The smallest absolute Gasteiger partial charge is 0.222 e. The Labute approximate surface area is 163 Å². The van der Waals surface area contributed by atoms with E-state index in [0.29, 0.717) is 18.9 Å². The van der Waals surface area contributed by atoms with Crippen molar-refractivity contribution in [1.82, 2.24) is 14.9 Å². The van der Waals surface area contributed by atoms with Gasteiger partial charge in [-0.2, -0.15) is 0 Å². The van der Waals surface area contributed by atoms with Gasteiger partial charge in [0.05, 0.1) is 12.2 Å². The van der Waals surface area contributed by atoms with E-state index >= 15 is 0 Å². The number of nitrogens with zero attached hydrogens (tertiary/aromatic N) is 4. The van der Waals surface area contributed by atoms with Crippen molar-refractivity contribution >= 4 is 11.7 Å². The molecule has 148 valence electrons. The van der Waals surface area contributed by atoms with Gasteiger partial charge in [0, 0.05) is 38.0 Å². The summed E-state index contributed by atoms with van der Waals surface area (Å²) in [5, 5.41) is 0. The molecule has 0 spiro atoms. The summed E-state index contributed by atoms with van der Waals surface area (Å²) < 4.78 is 0. The third-order valence-electron chi connectivity index (χ3n) is 6.83. The summed E-state index contributed by atoms with van der Waals surface area (Å²) in [6.07, 6.45) is 10.4. The highest BCUT2D eigenvalue weighted by Crippen LogP contribution is 2.31. The van der Waals surface area contributed by atoms with E-state index in [1.54, 1.807) is 0 Å². The zero-order chi connectivity index (χ0) is 18.8. The first-order valence-electron chi connectivity index (χ1n) is 11.0. The molecular weight excluding hydrogens is 336 g/mol. The zero-order valence-electron chi connectivity index (χ0n) is 17.0. The molecule has 1 saturated carbocycles. The maximum absolute atomic E-state index is 12.8. The van der Waals surface area contributed by atoms with Crippen LogP contribution in [0.2, 0.25) is 0 Å². The van der Waals surface area contributed by atoms with E-state index in [-0.39, 0.29) is 0 Å². The second-order valence-electron chi connectivity index (χ2n) is 8.94. The van der Waals surface area contributed by atoms with Gasteiger partial charge in [0.2, 0.25) is 5.91 Å². The minimum atomic E-state index is 0.325. The quantitative estimate of drug-likeness (QED) is 0.807. The lowest BCUT2D eigenvalue weighted by atomic mass is 9.97. The topological polar surface area (TPSA) is 49.3 Å². The fraction of sp³-hybridized carbons (Fsp3) is 0.773. The predicted molar refractivity (Wildman–Crippen MR) is 108 cm³/mol. The van der Waals surface area contributed by atoms with Gasteiger partial charge >= 0.3 is 0 Å². The third kappa shape index (κ3) is 4.27. The van der Waals surface area contributed by atoms with Gasteiger partial charge in [0.15, 0.2) is 0 Å². The van der Waals surface area contributed by atoms with Gasteiger partial charge in [-0.05, 0) is 38.0 Å². The number of fused-ring (bicyclic) bond motifs is 1. The van der Waals surface area contributed by atoms with E-state index in [1.165, 1.54) is 44.1 Å². The molecule has 3 aliphatic rings. The van der Waals surface area contributed by atoms with Gasteiger partial charge < -0.3 is 9.80 Å². The molecular formula is C22H34N4O. The van der Waals surface area contributed by atoms with E-state index in [0.717, 1.165) is 61.6 Å². The van der Waals surface area contributed by atoms with Crippen molar-refractivity contribution in [2.45, 2.75) is 78.2 Å². The van der Waals surface area contributed by atoms with Crippen LogP contribution in [0.4, 0.5) is 5.82 Å².